The topological polar surface area (TPSA) is 167 Å². The van der Waals surface area contributed by atoms with Gasteiger partial charge in [0.1, 0.15) is 41.9 Å². The summed E-state index contributed by atoms with van der Waals surface area (Å²) in [6, 6.07) is 3.51. The molecule has 1 aromatic rings. The lowest BCUT2D eigenvalue weighted by Crippen LogP contribution is -2.58. The minimum atomic E-state index is -3.83. The lowest BCUT2D eigenvalue weighted by Gasteiger charge is -2.35. The fraction of sp³-hybridized carbons (Fsp3) is 0.667. The maximum atomic E-state index is 14.3. The first-order chi connectivity index (χ1) is 23.9. The monoisotopic (exact) mass is 731 g/mol. The summed E-state index contributed by atoms with van der Waals surface area (Å²) in [6.45, 7) is 12.2. The van der Waals surface area contributed by atoms with Crippen LogP contribution in [0.5, 0.6) is 5.75 Å². The molecule has 3 fully saturated rings. The summed E-state index contributed by atoms with van der Waals surface area (Å²) >= 11 is 0. The molecule has 0 bridgehead atoms. The number of carbonyl (C=O) groups excluding carboxylic acids is 4. The summed E-state index contributed by atoms with van der Waals surface area (Å²) in [6.07, 6.45) is 2.81. The summed E-state index contributed by atoms with van der Waals surface area (Å²) < 4.78 is 30.4. The third-order valence-corrected chi connectivity index (χ3v) is 12.5. The van der Waals surface area contributed by atoms with E-state index in [0.29, 0.717) is 25.4 Å². The zero-order chi connectivity index (χ0) is 37.3. The summed E-state index contributed by atoms with van der Waals surface area (Å²) in [5, 5.41) is 4.13. The van der Waals surface area contributed by atoms with Crippen molar-refractivity contribution in [2.24, 2.45) is 11.3 Å². The van der Waals surface area contributed by atoms with Gasteiger partial charge in [0.2, 0.25) is 19.2 Å². The van der Waals surface area contributed by atoms with Gasteiger partial charge in [0, 0.05) is 38.6 Å². The quantitative estimate of drug-likeness (QED) is 0.211. The molecule has 5 rings (SSSR count). The average molecular weight is 732 g/mol. The molecule has 1 aromatic carbocycles. The van der Waals surface area contributed by atoms with Crippen molar-refractivity contribution < 1.29 is 42.8 Å². The van der Waals surface area contributed by atoms with Crippen molar-refractivity contribution in [3.8, 4) is 5.75 Å². The molecule has 0 spiro atoms. The minimum absolute atomic E-state index is 0.0361. The highest BCUT2D eigenvalue weighted by molar-refractivity contribution is 7.59. The van der Waals surface area contributed by atoms with Crippen molar-refractivity contribution in [2.75, 3.05) is 40.5 Å². The molecule has 1 saturated heterocycles. The molecule has 2 heterocycles. The molecule has 2 saturated carbocycles. The number of ether oxygens (including phenoxy) is 3. The highest BCUT2D eigenvalue weighted by atomic mass is 31.2. The molecule has 6 atom stereocenters. The van der Waals surface area contributed by atoms with Crippen LogP contribution in [0.1, 0.15) is 70.4 Å². The van der Waals surface area contributed by atoms with E-state index >= 15 is 0 Å². The van der Waals surface area contributed by atoms with Crippen LogP contribution >= 0.6 is 7.37 Å². The van der Waals surface area contributed by atoms with Gasteiger partial charge in [-0.1, -0.05) is 32.9 Å². The Morgan fingerprint density at radius 1 is 1.12 bits per heavy atom. The van der Waals surface area contributed by atoms with E-state index in [4.69, 9.17) is 14.2 Å². The van der Waals surface area contributed by atoms with Gasteiger partial charge in [0.05, 0.1) is 6.54 Å². The van der Waals surface area contributed by atoms with Crippen LogP contribution in [0.25, 0.3) is 0 Å². The van der Waals surface area contributed by atoms with Crippen LogP contribution in [-0.2, 0) is 36.7 Å². The summed E-state index contributed by atoms with van der Waals surface area (Å²) in [5.41, 5.74) is 1.13. The second-order valence-electron chi connectivity index (χ2n) is 15.8. The third-order valence-electron chi connectivity index (χ3n) is 10.4. The molecule has 4 amide bonds. The third kappa shape index (κ3) is 8.89. The molecule has 15 heteroatoms. The lowest BCUT2D eigenvalue weighted by molar-refractivity contribution is -0.142. The number of rotatable bonds is 12. The van der Waals surface area contributed by atoms with Crippen molar-refractivity contribution in [3.63, 3.8) is 0 Å². The second kappa shape index (κ2) is 15.2. The number of hydrogen-bond donors (Lipinski definition) is 3. The highest BCUT2D eigenvalue weighted by Gasteiger charge is 2.64. The fourth-order valence-electron chi connectivity index (χ4n) is 7.23. The zero-order valence-corrected chi connectivity index (χ0v) is 31.6. The van der Waals surface area contributed by atoms with E-state index in [2.05, 4.69) is 17.2 Å². The van der Waals surface area contributed by atoms with Crippen molar-refractivity contribution in [1.82, 2.24) is 25.3 Å². The molecule has 2 aliphatic carbocycles. The van der Waals surface area contributed by atoms with E-state index in [0.717, 1.165) is 43.4 Å². The van der Waals surface area contributed by atoms with Gasteiger partial charge >= 0.3 is 12.2 Å². The standard InChI is InChI=1S/C36H54N5O9P/c1-8-25-19-36(25,51(7,46)47)38-31(42)29-18-28(22-41(29)32(43)30(35(2,3)4)37-33(44)49-26-11-9-10-12-26)50-34(45)40-20-23-13-14-27(17-24(23)21-40)48-16-15-39(5)6/h8,13-14,17,25-26,28-30H,1,9-12,15-16,18-22H2,2-7H3,(H,37,44)(H,38,42)(H,46,47)/t25-,28-,29+,30-,36+/m1/s1. The number of fused-ring (bicyclic) bond motifs is 1. The van der Waals surface area contributed by atoms with Crippen molar-refractivity contribution in [1.29, 1.82) is 0 Å². The SMILES string of the molecule is C=C[C@@H]1C[C@]1(NC(=O)[C@@H]1C[C@@H](OC(=O)N2Cc3ccc(OCCN(C)C)cc3C2)CN1C(=O)[C@@H](NC(=O)OC1CCCC1)C(C)(C)C)P(C)(=O)O. The fourth-order valence-corrected chi connectivity index (χ4v) is 8.80. The van der Waals surface area contributed by atoms with Crippen LogP contribution in [0.4, 0.5) is 9.59 Å². The van der Waals surface area contributed by atoms with Crippen LogP contribution in [0.3, 0.4) is 0 Å². The summed E-state index contributed by atoms with van der Waals surface area (Å²) in [7, 11) is 0.114. The normalized spacial score (nSPS) is 26.2. The first kappa shape index (κ1) is 38.6. The largest absolute Gasteiger partial charge is 0.492 e. The van der Waals surface area contributed by atoms with Crippen LogP contribution in [0.2, 0.25) is 0 Å². The minimum Gasteiger partial charge on any atom is -0.492 e. The van der Waals surface area contributed by atoms with Gasteiger partial charge in [-0.15, -0.1) is 6.58 Å². The van der Waals surface area contributed by atoms with Gasteiger partial charge in [-0.05, 0) is 74.9 Å². The molecular weight excluding hydrogens is 677 g/mol. The maximum Gasteiger partial charge on any atom is 0.410 e. The van der Waals surface area contributed by atoms with Gasteiger partial charge in [-0.3, -0.25) is 19.1 Å². The van der Waals surface area contributed by atoms with Crippen LogP contribution in [0, 0.1) is 11.3 Å². The van der Waals surface area contributed by atoms with E-state index in [1.807, 2.05) is 37.2 Å². The number of alkyl carbamates (subject to hydrolysis) is 1. The Labute approximate surface area is 300 Å². The number of nitrogens with one attached hydrogen (secondary N) is 2. The first-order valence-electron chi connectivity index (χ1n) is 17.8. The van der Waals surface area contributed by atoms with E-state index in [-0.39, 0.29) is 25.5 Å². The number of amides is 4. The van der Waals surface area contributed by atoms with Gasteiger partial charge in [0.15, 0.2) is 0 Å². The molecule has 0 aromatic heterocycles. The van der Waals surface area contributed by atoms with E-state index < -0.39 is 66.2 Å². The van der Waals surface area contributed by atoms with Gasteiger partial charge < -0.3 is 39.5 Å². The molecule has 4 aliphatic rings. The van der Waals surface area contributed by atoms with Crippen molar-refractivity contribution >= 4 is 31.4 Å². The molecule has 282 valence electrons. The van der Waals surface area contributed by atoms with Crippen molar-refractivity contribution in [2.45, 2.75) is 102 Å². The van der Waals surface area contributed by atoms with Crippen molar-refractivity contribution in [3.05, 3.63) is 42.0 Å². The van der Waals surface area contributed by atoms with E-state index in [1.54, 1.807) is 25.7 Å². The first-order valence-corrected chi connectivity index (χ1v) is 19.9. The van der Waals surface area contributed by atoms with Crippen LogP contribution in [-0.4, -0.2) is 114 Å². The molecule has 1 unspecified atom stereocenters. The van der Waals surface area contributed by atoms with E-state index in [9.17, 15) is 28.6 Å². The number of carbonyl (C=O) groups is 4. The summed E-state index contributed by atoms with van der Waals surface area (Å²) in [4.78, 5) is 70.3. The number of likely N-dealkylation sites (N-methyl/N-ethyl adjacent to an activating group) is 1. The maximum absolute atomic E-state index is 14.3. The van der Waals surface area contributed by atoms with Gasteiger partial charge in [0.25, 0.3) is 0 Å². The Balaban J connectivity index is 1.31. The predicted molar refractivity (Wildman–Crippen MR) is 190 cm³/mol. The number of benzene rings is 1. The number of nitrogens with zero attached hydrogens (tertiary/aromatic N) is 3. The Kier molecular flexibility index (Phi) is 11.5. The van der Waals surface area contributed by atoms with Crippen LogP contribution in [0.15, 0.2) is 30.9 Å². The lowest BCUT2D eigenvalue weighted by atomic mass is 9.85. The Morgan fingerprint density at radius 2 is 1.80 bits per heavy atom. The Morgan fingerprint density at radius 3 is 2.41 bits per heavy atom. The average Bonchev–Trinajstić information content (AvgIpc) is 3.42. The molecule has 51 heavy (non-hydrogen) atoms. The molecule has 14 nitrogen and oxygen atoms in total. The predicted octanol–water partition coefficient (Wildman–Crippen LogP) is 4.05. The van der Waals surface area contributed by atoms with Gasteiger partial charge in [-0.2, -0.15) is 0 Å². The molecule has 3 N–H and O–H groups in total. The number of likely N-dealkylation sites (tertiary alicyclic amines) is 1. The molecule has 0 radical (unpaired) electrons. The van der Waals surface area contributed by atoms with Crippen LogP contribution < -0.4 is 15.4 Å². The Bertz CT molecular complexity index is 1550. The highest BCUT2D eigenvalue weighted by Crippen LogP contribution is 2.67. The number of hydrogen-bond acceptors (Lipinski definition) is 9. The molecule has 2 aliphatic heterocycles. The molecular formula is C36H54N5O9P. The smallest absolute Gasteiger partial charge is 0.410 e. The second-order valence-corrected chi connectivity index (χ2v) is 18.3. The van der Waals surface area contributed by atoms with Gasteiger partial charge in [-0.25, -0.2) is 9.59 Å². The van der Waals surface area contributed by atoms with E-state index in [1.165, 1.54) is 17.6 Å². The summed E-state index contributed by atoms with van der Waals surface area (Å²) in [5.74, 6) is -0.885. The Hall–Kier alpha value is -3.61. The zero-order valence-electron chi connectivity index (χ0n) is 30.7.